The molecule has 0 aromatic rings. The molecule has 0 atom stereocenters. The molecule has 8 N–H and O–H groups in total. The van der Waals surface area contributed by atoms with E-state index >= 15 is 0 Å². The molecule has 1 heterocycles. The summed E-state index contributed by atoms with van der Waals surface area (Å²) in [5.41, 5.74) is 6.24. The van der Waals surface area contributed by atoms with E-state index in [1.165, 1.54) is 5.48 Å². The number of hydroxylamine groups is 3. The third-order valence-corrected chi connectivity index (χ3v) is 1.42. The number of urea groups is 1. The highest BCUT2D eigenvalue weighted by Gasteiger charge is 2.33. The molecule has 2 amide bonds. The smallest absolute Gasteiger partial charge is 0.412 e. The first-order chi connectivity index (χ1) is 5.42. The van der Waals surface area contributed by atoms with Crippen LogP contribution in [0.1, 0.15) is 0 Å². The first-order valence-corrected chi connectivity index (χ1v) is 3.83. The zero-order valence-electron chi connectivity index (χ0n) is 6.47. The summed E-state index contributed by atoms with van der Waals surface area (Å²) in [6.07, 6.45) is 0. The Kier molecular flexibility index (Phi) is 5.02. The predicted octanol–water partition coefficient (Wildman–Crippen LogP) is -3.64. The number of nitrogens with one attached hydrogen (secondary N) is 2. The topological polar surface area (TPSA) is 198 Å². The monoisotopic (exact) mass is 232 g/mol. The third-order valence-electron chi connectivity index (χ3n) is 0.800. The number of hydrogen-bond donors (Lipinski definition) is 3. The third kappa shape index (κ3) is 3.11. The lowest BCUT2D eigenvalue weighted by molar-refractivity contribution is -0.0137. The number of amides is 2. The molecule has 1 rings (SSSR count). The summed E-state index contributed by atoms with van der Waals surface area (Å²) in [4.78, 5) is 10.6. The maximum Gasteiger partial charge on any atom is 0.442 e. The second kappa shape index (κ2) is 4.68. The number of carbonyl (C=O) groups is 1. The van der Waals surface area contributed by atoms with Gasteiger partial charge in [0.1, 0.15) is 0 Å². The Morgan fingerprint density at radius 1 is 1.50 bits per heavy atom. The van der Waals surface area contributed by atoms with Gasteiger partial charge in [0.15, 0.2) is 0 Å². The van der Waals surface area contributed by atoms with Crippen molar-refractivity contribution in [1.82, 2.24) is 10.5 Å². The molecule has 0 aliphatic carbocycles. The largest absolute Gasteiger partial charge is 0.442 e. The van der Waals surface area contributed by atoms with Crippen LogP contribution < -0.4 is 11.2 Å². The van der Waals surface area contributed by atoms with Crippen LogP contribution in [0, 0.1) is 5.41 Å². The number of guanidine groups is 1. The van der Waals surface area contributed by atoms with E-state index in [1.807, 2.05) is 0 Å². The van der Waals surface area contributed by atoms with E-state index in [0.29, 0.717) is 0 Å². The molecular formula is C2H8N4O7S. The van der Waals surface area contributed by atoms with Crippen LogP contribution in [0.4, 0.5) is 4.79 Å². The molecule has 0 bridgehead atoms. The molecule has 12 heteroatoms. The van der Waals surface area contributed by atoms with Crippen molar-refractivity contribution in [2.24, 2.45) is 5.73 Å². The van der Waals surface area contributed by atoms with Gasteiger partial charge in [0.05, 0.1) is 0 Å². The molecule has 1 fully saturated rings. The summed E-state index contributed by atoms with van der Waals surface area (Å²) in [6.45, 7) is 0. The van der Waals surface area contributed by atoms with Crippen molar-refractivity contribution in [2.45, 2.75) is 0 Å². The summed E-state index contributed by atoms with van der Waals surface area (Å²) < 4.78 is 28.5. The van der Waals surface area contributed by atoms with Crippen molar-refractivity contribution in [1.29, 1.82) is 5.41 Å². The maximum atomic E-state index is 10.6. The minimum atomic E-state index is -4.34. The van der Waals surface area contributed by atoms with Gasteiger partial charge < -0.3 is 16.7 Å². The van der Waals surface area contributed by atoms with Gasteiger partial charge in [-0.15, -0.1) is 13.6 Å². The number of nitrogens with two attached hydrogens (primary N) is 1. The first kappa shape index (κ1) is 15.0. The molecule has 1 saturated heterocycles. The Bertz CT molecular complexity index is 323. The van der Waals surface area contributed by atoms with E-state index in [2.05, 4.69) is 8.57 Å². The zero-order valence-corrected chi connectivity index (χ0v) is 7.29. The second-order valence-electron chi connectivity index (χ2n) is 1.65. The van der Waals surface area contributed by atoms with Crippen molar-refractivity contribution in [3.63, 3.8) is 0 Å². The molecular weight excluding hydrogens is 224 g/mol. The quantitative estimate of drug-likeness (QED) is 0.284. The van der Waals surface area contributed by atoms with Crippen LogP contribution in [0.5, 0.6) is 0 Å². The Morgan fingerprint density at radius 2 is 2.00 bits per heavy atom. The molecule has 0 spiro atoms. The molecule has 11 nitrogen and oxygen atoms in total. The van der Waals surface area contributed by atoms with Gasteiger partial charge in [0, 0.05) is 0 Å². The average Bonchev–Trinajstić information content (AvgIpc) is 1.94. The molecule has 14 heavy (non-hydrogen) atoms. The standard InChI is InChI=1S/C2H4N4O5S.2H2O/c3-1(4)6-2(7)5-10-12(8,9)11-6;;/h(H3,3,4)(H,5,7);2*1H2. The average molecular weight is 232 g/mol. The fourth-order valence-electron chi connectivity index (χ4n) is 0.418. The second-order valence-corrected chi connectivity index (χ2v) is 2.79. The van der Waals surface area contributed by atoms with Crippen LogP contribution in [-0.2, 0) is 19.0 Å². The van der Waals surface area contributed by atoms with Crippen LogP contribution in [-0.4, -0.2) is 36.4 Å². The van der Waals surface area contributed by atoms with Gasteiger partial charge in [-0.1, -0.05) is 0 Å². The van der Waals surface area contributed by atoms with Gasteiger partial charge in [0.25, 0.3) is 0 Å². The number of hydrogen-bond acceptors (Lipinski definition) is 6. The highest BCUT2D eigenvalue weighted by atomic mass is 32.3. The highest BCUT2D eigenvalue weighted by Crippen LogP contribution is 2.05. The summed E-state index contributed by atoms with van der Waals surface area (Å²) >= 11 is 0. The predicted molar refractivity (Wildman–Crippen MR) is 40.6 cm³/mol. The SMILES string of the molecule is N=C(N)N1OS(=O)(=O)ONC1=O.O.O. The van der Waals surface area contributed by atoms with Gasteiger partial charge in [0.2, 0.25) is 5.96 Å². The van der Waals surface area contributed by atoms with Crippen LogP contribution >= 0.6 is 0 Å². The van der Waals surface area contributed by atoms with E-state index in [4.69, 9.17) is 11.1 Å². The molecule has 1 aliphatic heterocycles. The van der Waals surface area contributed by atoms with Crippen LogP contribution in [0.15, 0.2) is 0 Å². The summed E-state index contributed by atoms with van der Waals surface area (Å²) in [7, 11) is -4.34. The summed E-state index contributed by atoms with van der Waals surface area (Å²) in [6, 6.07) is -1.10. The fraction of sp³-hybridized carbons (Fsp3) is 0. The fourth-order valence-corrected chi connectivity index (χ4v) is 0.952. The zero-order chi connectivity index (χ0) is 9.35. The highest BCUT2D eigenvalue weighted by molar-refractivity contribution is 7.81. The molecule has 0 aromatic heterocycles. The first-order valence-electron chi connectivity index (χ1n) is 2.49. The number of nitrogens with zero attached hydrogens (tertiary/aromatic N) is 1. The van der Waals surface area contributed by atoms with Crippen molar-refractivity contribution in [3.8, 4) is 0 Å². The van der Waals surface area contributed by atoms with E-state index < -0.39 is 22.4 Å². The van der Waals surface area contributed by atoms with Gasteiger partial charge >= 0.3 is 16.4 Å². The minimum absolute atomic E-state index is 0. The lowest BCUT2D eigenvalue weighted by Gasteiger charge is -2.22. The molecule has 1 aliphatic rings. The lowest BCUT2D eigenvalue weighted by atomic mass is 10.9. The van der Waals surface area contributed by atoms with Crippen molar-refractivity contribution in [2.75, 3.05) is 0 Å². The lowest BCUT2D eigenvalue weighted by Crippen LogP contribution is -2.52. The molecule has 84 valence electrons. The van der Waals surface area contributed by atoms with E-state index in [9.17, 15) is 13.2 Å². The number of carbonyl (C=O) groups excluding carboxylic acids is 1. The van der Waals surface area contributed by atoms with E-state index in [-0.39, 0.29) is 16.0 Å². The van der Waals surface area contributed by atoms with Gasteiger partial charge in [-0.05, 0) is 0 Å². The van der Waals surface area contributed by atoms with Gasteiger partial charge in [-0.2, -0.15) is 13.9 Å². The molecule has 0 aromatic carbocycles. The van der Waals surface area contributed by atoms with E-state index in [1.54, 1.807) is 0 Å². The Balaban J connectivity index is 0. The molecule has 0 radical (unpaired) electrons. The van der Waals surface area contributed by atoms with Crippen LogP contribution in [0.25, 0.3) is 0 Å². The number of rotatable bonds is 0. The Morgan fingerprint density at radius 3 is 2.36 bits per heavy atom. The molecule has 0 saturated carbocycles. The minimum Gasteiger partial charge on any atom is -0.412 e. The normalized spacial score (nSPS) is 18.6. The van der Waals surface area contributed by atoms with E-state index in [0.717, 1.165) is 0 Å². The molecule has 0 unspecified atom stereocenters. The van der Waals surface area contributed by atoms with Crippen molar-refractivity contribution < 1.29 is 32.7 Å². The van der Waals surface area contributed by atoms with Crippen LogP contribution in [0.2, 0.25) is 0 Å². The Labute approximate surface area is 77.7 Å². The Hall–Kier alpha value is -1.47. The van der Waals surface area contributed by atoms with Crippen molar-refractivity contribution >= 4 is 22.4 Å². The summed E-state index contributed by atoms with van der Waals surface area (Å²) in [5.74, 6) is -0.876. The van der Waals surface area contributed by atoms with Gasteiger partial charge in [-0.3, -0.25) is 5.41 Å². The van der Waals surface area contributed by atoms with Crippen molar-refractivity contribution in [3.05, 3.63) is 0 Å². The van der Waals surface area contributed by atoms with Crippen LogP contribution in [0.3, 0.4) is 0 Å². The van der Waals surface area contributed by atoms with Gasteiger partial charge in [-0.25, -0.2) is 4.79 Å². The maximum absolute atomic E-state index is 10.6. The summed E-state index contributed by atoms with van der Waals surface area (Å²) in [5, 5.41) is 6.72.